The molecule has 2 saturated heterocycles. The number of hydrogen-bond donors (Lipinski definition) is 2. The summed E-state index contributed by atoms with van der Waals surface area (Å²) < 4.78 is 0. The third-order valence-corrected chi connectivity index (χ3v) is 5.66. The lowest BCUT2D eigenvalue weighted by Gasteiger charge is -2.44. The molecule has 0 aromatic rings. The number of amides is 2. The molecule has 3 rings (SSSR count). The molecule has 0 aromatic heterocycles. The number of thioether (sulfide) groups is 1. The van der Waals surface area contributed by atoms with Gasteiger partial charge in [-0.3, -0.25) is 9.59 Å². The molecular formula is C14H24ClN3O2S. The second-order valence-corrected chi connectivity index (χ2v) is 7.13. The molecule has 2 N–H and O–H groups in total. The molecule has 2 amide bonds. The molecule has 0 radical (unpaired) electrons. The molecule has 2 aliphatic heterocycles. The second kappa shape index (κ2) is 7.70. The quantitative estimate of drug-likeness (QED) is 0.783. The minimum Gasteiger partial charge on any atom is -0.350 e. The fraction of sp³-hybridized carbons (Fsp3) is 0.857. The summed E-state index contributed by atoms with van der Waals surface area (Å²) in [6, 6.07) is 0.682. The van der Waals surface area contributed by atoms with Crippen molar-refractivity contribution in [2.75, 3.05) is 24.6 Å². The van der Waals surface area contributed by atoms with Crippen LogP contribution in [0.25, 0.3) is 0 Å². The number of carbonyl (C=O) groups is 2. The number of nitrogens with one attached hydrogen (secondary N) is 2. The Balaban J connectivity index is 0.00000161. The highest BCUT2D eigenvalue weighted by Crippen LogP contribution is 2.26. The van der Waals surface area contributed by atoms with Gasteiger partial charge in [-0.25, -0.2) is 0 Å². The van der Waals surface area contributed by atoms with Crippen molar-refractivity contribution in [2.45, 2.75) is 50.2 Å². The molecular weight excluding hydrogens is 310 g/mol. The first-order valence-corrected chi connectivity index (χ1v) is 8.79. The summed E-state index contributed by atoms with van der Waals surface area (Å²) in [7, 11) is 0. The van der Waals surface area contributed by atoms with Crippen LogP contribution in [-0.2, 0) is 9.59 Å². The van der Waals surface area contributed by atoms with E-state index < -0.39 is 0 Å². The minimum absolute atomic E-state index is 0. The molecule has 0 bridgehead atoms. The number of rotatable bonds is 2. The molecule has 0 aromatic carbocycles. The smallest absolute Gasteiger partial charge is 0.239 e. The lowest BCUT2D eigenvalue weighted by atomic mass is 9.87. The van der Waals surface area contributed by atoms with Crippen LogP contribution < -0.4 is 10.6 Å². The highest BCUT2D eigenvalue weighted by atomic mass is 35.5. The number of carbonyl (C=O) groups excluding carboxylic acids is 2. The van der Waals surface area contributed by atoms with Crippen molar-refractivity contribution in [3.05, 3.63) is 0 Å². The van der Waals surface area contributed by atoms with Crippen molar-refractivity contribution >= 4 is 36.0 Å². The van der Waals surface area contributed by atoms with Crippen molar-refractivity contribution in [3.63, 3.8) is 0 Å². The predicted octanol–water partition coefficient (Wildman–Crippen LogP) is 0.773. The van der Waals surface area contributed by atoms with E-state index in [9.17, 15) is 9.59 Å². The van der Waals surface area contributed by atoms with E-state index in [1.54, 1.807) is 0 Å². The predicted molar refractivity (Wildman–Crippen MR) is 86.9 cm³/mol. The number of fused-ring (bicyclic) bond motifs is 1. The molecule has 3 unspecified atom stereocenters. The van der Waals surface area contributed by atoms with E-state index in [1.165, 1.54) is 6.42 Å². The van der Waals surface area contributed by atoms with Gasteiger partial charge in [-0.05, 0) is 12.8 Å². The highest BCUT2D eigenvalue weighted by Gasteiger charge is 2.39. The maximum atomic E-state index is 12.6. The van der Waals surface area contributed by atoms with E-state index in [2.05, 4.69) is 10.6 Å². The maximum absolute atomic E-state index is 12.6. The Bertz CT molecular complexity index is 390. The van der Waals surface area contributed by atoms with E-state index in [4.69, 9.17) is 0 Å². The SMILES string of the molecule is Cl.O=C1CN(C(=O)CC2CSCCN2)C2CCCCC2N1. The molecule has 3 atom stereocenters. The van der Waals surface area contributed by atoms with Gasteiger partial charge in [0.25, 0.3) is 0 Å². The van der Waals surface area contributed by atoms with Crippen molar-refractivity contribution < 1.29 is 9.59 Å². The molecule has 21 heavy (non-hydrogen) atoms. The Morgan fingerprint density at radius 2 is 2.14 bits per heavy atom. The minimum atomic E-state index is 0. The lowest BCUT2D eigenvalue weighted by Crippen LogP contribution is -2.63. The molecule has 5 nitrogen and oxygen atoms in total. The van der Waals surface area contributed by atoms with Crippen LogP contribution in [0.3, 0.4) is 0 Å². The van der Waals surface area contributed by atoms with Crippen molar-refractivity contribution in [1.82, 2.24) is 15.5 Å². The number of piperazine rings is 1. The van der Waals surface area contributed by atoms with Gasteiger partial charge in [0.05, 0.1) is 12.6 Å². The first-order chi connectivity index (χ1) is 9.74. The zero-order valence-electron chi connectivity index (χ0n) is 12.2. The first-order valence-electron chi connectivity index (χ1n) is 7.64. The molecule has 0 spiro atoms. The zero-order valence-corrected chi connectivity index (χ0v) is 13.8. The summed E-state index contributed by atoms with van der Waals surface area (Å²) >= 11 is 1.90. The second-order valence-electron chi connectivity index (χ2n) is 5.98. The van der Waals surface area contributed by atoms with Crippen LogP contribution in [0.1, 0.15) is 32.1 Å². The number of hydrogen-bond acceptors (Lipinski definition) is 4. The van der Waals surface area contributed by atoms with Crippen LogP contribution >= 0.6 is 24.2 Å². The average molecular weight is 334 g/mol. The van der Waals surface area contributed by atoms with Crippen LogP contribution in [-0.4, -0.2) is 59.4 Å². The summed E-state index contributed by atoms with van der Waals surface area (Å²) in [5.41, 5.74) is 0. The van der Waals surface area contributed by atoms with Gasteiger partial charge in [0.1, 0.15) is 0 Å². The van der Waals surface area contributed by atoms with Crippen molar-refractivity contribution in [1.29, 1.82) is 0 Å². The molecule has 1 saturated carbocycles. The van der Waals surface area contributed by atoms with Crippen LogP contribution in [0.15, 0.2) is 0 Å². The van der Waals surface area contributed by atoms with E-state index in [0.717, 1.165) is 37.3 Å². The third-order valence-electron chi connectivity index (χ3n) is 4.53. The van der Waals surface area contributed by atoms with E-state index in [0.29, 0.717) is 6.42 Å². The van der Waals surface area contributed by atoms with Gasteiger partial charge in [0.15, 0.2) is 0 Å². The van der Waals surface area contributed by atoms with Gasteiger partial charge in [-0.2, -0.15) is 11.8 Å². The van der Waals surface area contributed by atoms with Crippen LogP contribution in [0.4, 0.5) is 0 Å². The number of halogens is 1. The fourth-order valence-corrected chi connectivity index (χ4v) is 4.48. The van der Waals surface area contributed by atoms with E-state index in [1.807, 2.05) is 16.7 Å². The number of nitrogens with zero attached hydrogens (tertiary/aromatic N) is 1. The van der Waals surface area contributed by atoms with Crippen LogP contribution in [0, 0.1) is 0 Å². The van der Waals surface area contributed by atoms with Gasteiger partial charge < -0.3 is 15.5 Å². The largest absolute Gasteiger partial charge is 0.350 e. The summed E-state index contributed by atoms with van der Waals surface area (Å²) in [5.74, 6) is 2.28. The van der Waals surface area contributed by atoms with Gasteiger partial charge in [0, 0.05) is 36.6 Å². The van der Waals surface area contributed by atoms with Gasteiger partial charge in [0.2, 0.25) is 11.8 Å². The molecule has 3 fully saturated rings. The normalized spacial score (nSPS) is 32.7. The fourth-order valence-electron chi connectivity index (χ4n) is 3.53. The lowest BCUT2D eigenvalue weighted by molar-refractivity contribution is -0.144. The average Bonchev–Trinajstić information content (AvgIpc) is 2.47. The summed E-state index contributed by atoms with van der Waals surface area (Å²) in [5, 5.41) is 6.46. The highest BCUT2D eigenvalue weighted by molar-refractivity contribution is 7.99. The summed E-state index contributed by atoms with van der Waals surface area (Å²) in [4.78, 5) is 26.2. The Hall–Kier alpha value is -0.460. The van der Waals surface area contributed by atoms with E-state index in [-0.39, 0.29) is 48.9 Å². The summed E-state index contributed by atoms with van der Waals surface area (Å²) in [6.07, 6.45) is 4.90. The monoisotopic (exact) mass is 333 g/mol. The Morgan fingerprint density at radius 1 is 1.33 bits per heavy atom. The van der Waals surface area contributed by atoms with Gasteiger partial charge >= 0.3 is 0 Å². The van der Waals surface area contributed by atoms with Gasteiger partial charge in [-0.15, -0.1) is 12.4 Å². The zero-order chi connectivity index (χ0) is 13.9. The molecule has 1 aliphatic carbocycles. The Labute approximate surface area is 136 Å². The Morgan fingerprint density at radius 3 is 2.90 bits per heavy atom. The van der Waals surface area contributed by atoms with E-state index >= 15 is 0 Å². The topological polar surface area (TPSA) is 61.4 Å². The van der Waals surface area contributed by atoms with Crippen LogP contribution in [0.5, 0.6) is 0 Å². The molecule has 120 valence electrons. The standard InChI is InChI=1S/C14H23N3O2S.ClH/c18-13-8-17(12-4-2-1-3-11(12)16-13)14(19)7-10-9-20-6-5-15-10;/h10-12,15H,1-9H2,(H,16,18);1H. The molecule has 2 heterocycles. The Kier molecular flexibility index (Phi) is 6.20. The van der Waals surface area contributed by atoms with Crippen molar-refractivity contribution in [3.8, 4) is 0 Å². The van der Waals surface area contributed by atoms with Gasteiger partial charge in [-0.1, -0.05) is 12.8 Å². The summed E-state index contributed by atoms with van der Waals surface area (Å²) in [6.45, 7) is 1.23. The maximum Gasteiger partial charge on any atom is 0.239 e. The molecule has 7 heteroatoms. The first kappa shape index (κ1) is 16.9. The van der Waals surface area contributed by atoms with Crippen molar-refractivity contribution in [2.24, 2.45) is 0 Å². The van der Waals surface area contributed by atoms with Crippen LogP contribution in [0.2, 0.25) is 0 Å². The third kappa shape index (κ3) is 4.05. The molecule has 3 aliphatic rings.